The van der Waals surface area contributed by atoms with Crippen molar-refractivity contribution in [3.63, 3.8) is 0 Å². The number of thiophene rings is 1. The monoisotopic (exact) mass is 603 g/mol. The van der Waals surface area contributed by atoms with Gasteiger partial charge in [0.25, 0.3) is 10.0 Å². The number of amides is 1. The fraction of sp³-hybridized carbons (Fsp3) is 0.375. The number of ether oxygens (including phenoxy) is 1. The third kappa shape index (κ3) is 5.18. The Labute approximate surface area is 230 Å². The standard InChI is InChI=1S/C24H24F3N3O8S2/c1-14(37-21(34)30(2)10-11-31)22(15-6-4-3-5-7-15)13-23(22,20(32)33)29-40(35,36)19-9-8-17(39-19)16-12-18(38-28-16)24(25,26)27/h3-9,12,14,29,31H,10-11,13H2,1-2H3,(H,32,33). The number of carbonyl (C=O) groups is 2. The molecule has 0 bridgehead atoms. The lowest BCUT2D eigenvalue weighted by Crippen LogP contribution is -2.52. The van der Waals surface area contributed by atoms with E-state index in [9.17, 15) is 36.3 Å². The maximum Gasteiger partial charge on any atom is 0.452 e. The topological polar surface area (TPSA) is 159 Å². The van der Waals surface area contributed by atoms with Gasteiger partial charge in [-0.15, -0.1) is 11.3 Å². The zero-order valence-electron chi connectivity index (χ0n) is 21.0. The minimum Gasteiger partial charge on any atom is -0.480 e. The van der Waals surface area contributed by atoms with Crippen molar-refractivity contribution >= 4 is 33.4 Å². The summed E-state index contributed by atoms with van der Waals surface area (Å²) in [6.45, 7) is 1.07. The summed E-state index contributed by atoms with van der Waals surface area (Å²) in [5.74, 6) is -2.88. The molecule has 11 nitrogen and oxygen atoms in total. The molecule has 216 valence electrons. The van der Waals surface area contributed by atoms with Gasteiger partial charge in [0, 0.05) is 19.7 Å². The zero-order valence-corrected chi connectivity index (χ0v) is 22.6. The second kappa shape index (κ2) is 10.5. The number of halogens is 3. The molecule has 1 amide bonds. The molecular formula is C24H24F3N3O8S2. The smallest absolute Gasteiger partial charge is 0.452 e. The van der Waals surface area contributed by atoms with E-state index in [1.807, 2.05) is 0 Å². The number of nitrogens with one attached hydrogen (secondary N) is 1. The molecule has 4 rings (SSSR count). The average Bonchev–Trinajstić information content (AvgIpc) is 3.24. The summed E-state index contributed by atoms with van der Waals surface area (Å²) in [5.41, 5.74) is -3.50. The first-order valence-corrected chi connectivity index (χ1v) is 14.0. The van der Waals surface area contributed by atoms with Crippen LogP contribution < -0.4 is 4.72 Å². The fourth-order valence-electron chi connectivity index (χ4n) is 4.61. The van der Waals surface area contributed by atoms with Crippen LogP contribution in [-0.2, 0) is 31.1 Å². The van der Waals surface area contributed by atoms with Gasteiger partial charge < -0.3 is 24.4 Å². The number of aliphatic hydroxyl groups excluding tert-OH is 1. The Hall–Kier alpha value is -3.47. The molecular weight excluding hydrogens is 579 g/mol. The molecule has 1 fully saturated rings. The van der Waals surface area contributed by atoms with E-state index in [2.05, 4.69) is 14.4 Å². The Balaban J connectivity index is 1.68. The molecule has 1 aliphatic rings. The van der Waals surface area contributed by atoms with Gasteiger partial charge in [-0.25, -0.2) is 13.2 Å². The Kier molecular flexibility index (Phi) is 7.74. The summed E-state index contributed by atoms with van der Waals surface area (Å²) in [5, 5.41) is 22.8. The number of aliphatic carboxylic acids is 1. The molecule has 2 aromatic heterocycles. The maximum absolute atomic E-state index is 13.4. The van der Waals surface area contributed by atoms with E-state index in [1.54, 1.807) is 30.3 Å². The molecule has 2 heterocycles. The summed E-state index contributed by atoms with van der Waals surface area (Å²) in [7, 11) is -3.18. The number of benzene rings is 1. The van der Waals surface area contributed by atoms with Gasteiger partial charge in [0.2, 0.25) is 5.76 Å². The molecule has 3 unspecified atom stereocenters. The van der Waals surface area contributed by atoms with Gasteiger partial charge in [-0.1, -0.05) is 35.5 Å². The summed E-state index contributed by atoms with van der Waals surface area (Å²) in [4.78, 5) is 26.4. The van der Waals surface area contributed by atoms with Gasteiger partial charge in [-0.2, -0.15) is 17.9 Å². The van der Waals surface area contributed by atoms with Crippen molar-refractivity contribution in [3.8, 4) is 10.6 Å². The Morgan fingerprint density at radius 3 is 2.50 bits per heavy atom. The third-order valence-electron chi connectivity index (χ3n) is 6.75. The molecule has 1 aromatic carbocycles. The van der Waals surface area contributed by atoms with Crippen LogP contribution in [0, 0.1) is 0 Å². The van der Waals surface area contributed by atoms with E-state index in [0.717, 1.165) is 11.0 Å². The number of aromatic nitrogens is 1. The maximum atomic E-state index is 13.4. The first-order valence-electron chi connectivity index (χ1n) is 11.7. The highest BCUT2D eigenvalue weighted by Crippen LogP contribution is 2.61. The molecule has 0 aliphatic heterocycles. The number of carboxylic acid groups (broad SMARTS) is 1. The van der Waals surface area contributed by atoms with Crippen molar-refractivity contribution in [2.75, 3.05) is 20.2 Å². The first-order chi connectivity index (χ1) is 18.7. The fourth-order valence-corrected chi connectivity index (χ4v) is 7.28. The van der Waals surface area contributed by atoms with Crippen LogP contribution in [0.15, 0.2) is 57.3 Å². The minimum atomic E-state index is -4.79. The molecule has 1 saturated carbocycles. The van der Waals surface area contributed by atoms with Crippen LogP contribution in [0.3, 0.4) is 0 Å². The van der Waals surface area contributed by atoms with Crippen molar-refractivity contribution < 1.29 is 50.7 Å². The molecule has 0 saturated heterocycles. The van der Waals surface area contributed by atoms with E-state index < -0.39 is 51.1 Å². The normalized spacial score (nSPS) is 21.6. The quantitative estimate of drug-likeness (QED) is 0.316. The van der Waals surface area contributed by atoms with Gasteiger partial charge in [0.05, 0.1) is 16.9 Å². The SMILES string of the molecule is CC(OC(=O)N(C)CCO)C1(c2ccccc2)CC1(NS(=O)(=O)c1ccc(-c2cc(C(F)(F)F)on2)s1)C(=O)O. The Morgan fingerprint density at radius 2 is 1.93 bits per heavy atom. The molecule has 16 heteroatoms. The predicted molar refractivity (Wildman–Crippen MR) is 134 cm³/mol. The largest absolute Gasteiger partial charge is 0.480 e. The third-order valence-corrected chi connectivity index (χ3v) is 9.84. The number of sulfonamides is 1. The summed E-state index contributed by atoms with van der Waals surface area (Å²) >= 11 is 0.573. The van der Waals surface area contributed by atoms with Crippen LogP contribution in [0.25, 0.3) is 10.6 Å². The van der Waals surface area contributed by atoms with E-state index in [4.69, 9.17) is 9.84 Å². The van der Waals surface area contributed by atoms with E-state index >= 15 is 0 Å². The van der Waals surface area contributed by atoms with E-state index in [-0.39, 0.29) is 34.4 Å². The first kappa shape index (κ1) is 29.5. The van der Waals surface area contributed by atoms with Gasteiger partial charge in [0.1, 0.15) is 21.5 Å². The number of aliphatic hydroxyl groups is 1. The highest BCUT2D eigenvalue weighted by molar-refractivity contribution is 7.91. The van der Waals surface area contributed by atoms with Crippen molar-refractivity contribution in [1.29, 1.82) is 0 Å². The van der Waals surface area contributed by atoms with Crippen molar-refractivity contribution in [2.24, 2.45) is 0 Å². The lowest BCUT2D eigenvalue weighted by molar-refractivity contribution is -0.155. The Bertz CT molecular complexity index is 1510. The van der Waals surface area contributed by atoms with Gasteiger partial charge in [0.15, 0.2) is 0 Å². The lowest BCUT2D eigenvalue weighted by atomic mass is 9.86. The average molecular weight is 604 g/mol. The molecule has 3 aromatic rings. The van der Waals surface area contributed by atoms with Crippen LogP contribution in [-0.4, -0.2) is 72.6 Å². The molecule has 1 aliphatic carbocycles. The van der Waals surface area contributed by atoms with Crippen LogP contribution in [0.4, 0.5) is 18.0 Å². The van der Waals surface area contributed by atoms with Crippen molar-refractivity contribution in [2.45, 2.75) is 40.8 Å². The lowest BCUT2D eigenvalue weighted by Gasteiger charge is -2.30. The van der Waals surface area contributed by atoms with E-state index in [1.165, 1.54) is 20.0 Å². The second-order valence-electron chi connectivity index (χ2n) is 9.19. The zero-order chi connectivity index (χ0) is 29.5. The highest BCUT2D eigenvalue weighted by atomic mass is 32.2. The molecule has 0 spiro atoms. The van der Waals surface area contributed by atoms with Gasteiger partial charge in [-0.3, -0.25) is 4.79 Å². The summed E-state index contributed by atoms with van der Waals surface area (Å²) in [6.07, 6.45) is -7.04. The number of carboxylic acids is 1. The predicted octanol–water partition coefficient (Wildman–Crippen LogP) is 3.31. The molecule has 40 heavy (non-hydrogen) atoms. The molecule has 3 atom stereocenters. The molecule has 3 N–H and O–H groups in total. The minimum absolute atomic E-state index is 0.0444. The van der Waals surface area contributed by atoms with E-state index in [0.29, 0.717) is 23.0 Å². The van der Waals surface area contributed by atoms with Crippen molar-refractivity contribution in [1.82, 2.24) is 14.8 Å². The van der Waals surface area contributed by atoms with Gasteiger partial charge >= 0.3 is 18.2 Å². The number of nitrogens with zero attached hydrogens (tertiary/aromatic N) is 2. The summed E-state index contributed by atoms with van der Waals surface area (Å²) in [6, 6.07) is 11.1. The Morgan fingerprint density at radius 1 is 1.25 bits per heavy atom. The van der Waals surface area contributed by atoms with Crippen LogP contribution in [0.5, 0.6) is 0 Å². The van der Waals surface area contributed by atoms with Crippen LogP contribution >= 0.6 is 11.3 Å². The highest BCUT2D eigenvalue weighted by Gasteiger charge is 2.78. The van der Waals surface area contributed by atoms with Crippen LogP contribution in [0.1, 0.15) is 24.7 Å². The molecule has 0 radical (unpaired) electrons. The number of hydrogen-bond donors (Lipinski definition) is 3. The number of hydrogen-bond acceptors (Lipinski definition) is 9. The van der Waals surface area contributed by atoms with Crippen molar-refractivity contribution in [3.05, 3.63) is 59.9 Å². The number of rotatable bonds is 10. The second-order valence-corrected chi connectivity index (χ2v) is 12.2. The summed E-state index contributed by atoms with van der Waals surface area (Å²) < 4.78 is 77.2. The number of likely N-dealkylation sites (N-methyl/N-ethyl adjacent to an activating group) is 1. The number of carbonyl (C=O) groups excluding carboxylic acids is 1. The number of alkyl halides is 3. The van der Waals surface area contributed by atoms with Gasteiger partial charge in [-0.05, 0) is 31.0 Å². The van der Waals surface area contributed by atoms with Crippen LogP contribution in [0.2, 0.25) is 0 Å².